The Bertz CT molecular complexity index is 132. The first-order valence-corrected chi connectivity index (χ1v) is 4.27. The first-order chi connectivity index (χ1) is 5.38. The Morgan fingerprint density at radius 2 is 2.45 bits per heavy atom. The molecule has 0 saturated heterocycles. The molecule has 64 valence electrons. The van der Waals surface area contributed by atoms with Gasteiger partial charge in [0.05, 0.1) is 19.3 Å². The Morgan fingerprint density at radius 1 is 1.64 bits per heavy atom. The minimum atomic E-state index is 0.140. The van der Waals surface area contributed by atoms with Crippen LogP contribution in [-0.2, 0) is 4.74 Å². The lowest BCUT2D eigenvalue weighted by Gasteiger charge is -1.96. The average Bonchev–Trinajstić information content (AvgIpc) is 2.76. The second kappa shape index (κ2) is 4.52. The summed E-state index contributed by atoms with van der Waals surface area (Å²) in [4.78, 5) is 0. The summed E-state index contributed by atoms with van der Waals surface area (Å²) in [6.45, 7) is 2.75. The maximum absolute atomic E-state index is 8.46. The number of rotatable bonds is 5. The molecule has 0 bridgehead atoms. The van der Waals surface area contributed by atoms with E-state index in [1.54, 1.807) is 0 Å². The van der Waals surface area contributed by atoms with Gasteiger partial charge in [-0.1, -0.05) is 19.1 Å². The molecular weight excluding hydrogens is 140 g/mol. The van der Waals surface area contributed by atoms with Crippen molar-refractivity contribution in [3.63, 3.8) is 0 Å². The Kier molecular flexibility index (Phi) is 3.60. The molecule has 1 aliphatic carbocycles. The summed E-state index contributed by atoms with van der Waals surface area (Å²) in [5, 5.41) is 8.46. The van der Waals surface area contributed by atoms with Crippen LogP contribution >= 0.6 is 0 Å². The van der Waals surface area contributed by atoms with Gasteiger partial charge in [-0.15, -0.1) is 0 Å². The second-order valence-electron chi connectivity index (χ2n) is 2.87. The highest BCUT2D eigenvalue weighted by Crippen LogP contribution is 2.34. The minimum absolute atomic E-state index is 0.140. The summed E-state index contributed by atoms with van der Waals surface area (Å²) in [5.74, 6) is 0.626. The van der Waals surface area contributed by atoms with Crippen molar-refractivity contribution in [3.05, 3.63) is 12.2 Å². The molecule has 2 atom stereocenters. The Morgan fingerprint density at radius 3 is 3.09 bits per heavy atom. The monoisotopic (exact) mass is 156 g/mol. The number of hydrogen-bond donors (Lipinski definition) is 1. The van der Waals surface area contributed by atoms with Crippen molar-refractivity contribution >= 4 is 0 Å². The fourth-order valence-electron chi connectivity index (χ4n) is 1.10. The summed E-state index contributed by atoms with van der Waals surface area (Å²) in [6, 6.07) is 0. The highest BCUT2D eigenvalue weighted by atomic mass is 16.5. The highest BCUT2D eigenvalue weighted by Gasteiger charge is 2.35. The molecule has 2 nitrogen and oxygen atoms in total. The molecule has 1 fully saturated rings. The SMILES string of the molecule is CC/C=C/[C@H]1C[C@H]1OCCO. The first-order valence-electron chi connectivity index (χ1n) is 4.27. The van der Waals surface area contributed by atoms with Crippen molar-refractivity contribution < 1.29 is 9.84 Å². The summed E-state index contributed by atoms with van der Waals surface area (Å²) >= 11 is 0. The van der Waals surface area contributed by atoms with E-state index < -0.39 is 0 Å². The molecule has 0 spiro atoms. The zero-order valence-corrected chi connectivity index (χ0v) is 6.99. The van der Waals surface area contributed by atoms with E-state index in [2.05, 4.69) is 19.1 Å². The van der Waals surface area contributed by atoms with Crippen LogP contribution in [0.15, 0.2) is 12.2 Å². The standard InChI is InChI=1S/C9H16O2/c1-2-3-4-8-7-9(8)11-6-5-10/h3-4,8-10H,2,5-7H2,1H3/b4-3+/t8-,9+/m0/s1. The van der Waals surface area contributed by atoms with Crippen LogP contribution in [0.2, 0.25) is 0 Å². The minimum Gasteiger partial charge on any atom is -0.394 e. The summed E-state index contributed by atoms with van der Waals surface area (Å²) < 4.78 is 5.31. The number of allylic oxidation sites excluding steroid dienone is 1. The molecule has 0 amide bonds. The smallest absolute Gasteiger partial charge is 0.0701 e. The van der Waals surface area contributed by atoms with Gasteiger partial charge in [-0.05, 0) is 12.8 Å². The predicted octanol–water partition coefficient (Wildman–Crippen LogP) is 1.35. The lowest BCUT2D eigenvalue weighted by atomic mass is 10.3. The fourth-order valence-corrected chi connectivity index (χ4v) is 1.10. The van der Waals surface area contributed by atoms with Crippen molar-refractivity contribution in [1.29, 1.82) is 0 Å². The molecule has 1 N–H and O–H groups in total. The van der Waals surface area contributed by atoms with Gasteiger partial charge < -0.3 is 9.84 Å². The van der Waals surface area contributed by atoms with E-state index in [4.69, 9.17) is 9.84 Å². The Balaban J connectivity index is 2.02. The number of aliphatic hydroxyl groups excluding tert-OH is 1. The van der Waals surface area contributed by atoms with Crippen LogP contribution in [0.25, 0.3) is 0 Å². The van der Waals surface area contributed by atoms with Gasteiger partial charge in [0.1, 0.15) is 0 Å². The zero-order chi connectivity index (χ0) is 8.10. The molecule has 0 aromatic carbocycles. The highest BCUT2D eigenvalue weighted by molar-refractivity contribution is 5.03. The van der Waals surface area contributed by atoms with E-state index in [1.807, 2.05) is 0 Å². The number of ether oxygens (including phenoxy) is 1. The molecule has 0 heterocycles. The molecule has 11 heavy (non-hydrogen) atoms. The van der Waals surface area contributed by atoms with Gasteiger partial charge >= 0.3 is 0 Å². The second-order valence-corrected chi connectivity index (χ2v) is 2.87. The topological polar surface area (TPSA) is 29.5 Å². The molecule has 0 aliphatic heterocycles. The summed E-state index contributed by atoms with van der Waals surface area (Å²) in [7, 11) is 0. The number of aliphatic hydroxyl groups is 1. The van der Waals surface area contributed by atoms with Crippen molar-refractivity contribution in [1.82, 2.24) is 0 Å². The molecular formula is C9H16O2. The largest absolute Gasteiger partial charge is 0.394 e. The van der Waals surface area contributed by atoms with Crippen LogP contribution < -0.4 is 0 Å². The maximum atomic E-state index is 8.46. The summed E-state index contributed by atoms with van der Waals surface area (Å²) in [5.41, 5.74) is 0. The van der Waals surface area contributed by atoms with Crippen LogP contribution in [0.3, 0.4) is 0 Å². The van der Waals surface area contributed by atoms with Crippen molar-refractivity contribution in [2.24, 2.45) is 5.92 Å². The van der Waals surface area contributed by atoms with Crippen LogP contribution in [0, 0.1) is 5.92 Å². The van der Waals surface area contributed by atoms with E-state index >= 15 is 0 Å². The van der Waals surface area contributed by atoms with Gasteiger partial charge in [0.15, 0.2) is 0 Å². The Labute approximate surface area is 67.9 Å². The van der Waals surface area contributed by atoms with E-state index in [0.717, 1.165) is 12.8 Å². The van der Waals surface area contributed by atoms with Crippen LogP contribution in [-0.4, -0.2) is 24.4 Å². The molecule has 2 heteroatoms. The van der Waals surface area contributed by atoms with Gasteiger partial charge in [-0.25, -0.2) is 0 Å². The van der Waals surface area contributed by atoms with Crippen molar-refractivity contribution in [2.45, 2.75) is 25.9 Å². The van der Waals surface area contributed by atoms with Gasteiger partial charge in [0.25, 0.3) is 0 Å². The molecule has 0 unspecified atom stereocenters. The van der Waals surface area contributed by atoms with Gasteiger partial charge in [-0.2, -0.15) is 0 Å². The van der Waals surface area contributed by atoms with E-state index in [9.17, 15) is 0 Å². The molecule has 1 saturated carbocycles. The zero-order valence-electron chi connectivity index (χ0n) is 6.99. The lowest BCUT2D eigenvalue weighted by Crippen LogP contribution is -2.01. The van der Waals surface area contributed by atoms with E-state index in [1.165, 1.54) is 0 Å². The normalized spacial score (nSPS) is 29.6. The Hall–Kier alpha value is -0.340. The maximum Gasteiger partial charge on any atom is 0.0701 e. The summed E-state index contributed by atoms with van der Waals surface area (Å²) in [6.07, 6.45) is 7.01. The lowest BCUT2D eigenvalue weighted by molar-refractivity contribution is 0.0760. The number of hydrogen-bond acceptors (Lipinski definition) is 2. The third kappa shape index (κ3) is 3.04. The molecule has 1 aliphatic rings. The average molecular weight is 156 g/mol. The van der Waals surface area contributed by atoms with E-state index in [-0.39, 0.29) is 6.61 Å². The van der Waals surface area contributed by atoms with E-state index in [0.29, 0.717) is 18.6 Å². The molecule has 0 radical (unpaired) electrons. The quantitative estimate of drug-likeness (QED) is 0.609. The van der Waals surface area contributed by atoms with Gasteiger partial charge in [0.2, 0.25) is 0 Å². The van der Waals surface area contributed by atoms with Gasteiger partial charge in [-0.3, -0.25) is 0 Å². The van der Waals surface area contributed by atoms with Gasteiger partial charge in [0, 0.05) is 5.92 Å². The molecule has 0 aromatic heterocycles. The first kappa shape index (κ1) is 8.75. The van der Waals surface area contributed by atoms with Crippen LogP contribution in [0.4, 0.5) is 0 Å². The predicted molar refractivity (Wildman–Crippen MR) is 44.4 cm³/mol. The van der Waals surface area contributed by atoms with Crippen molar-refractivity contribution in [2.75, 3.05) is 13.2 Å². The van der Waals surface area contributed by atoms with Crippen LogP contribution in [0.5, 0.6) is 0 Å². The van der Waals surface area contributed by atoms with Crippen LogP contribution in [0.1, 0.15) is 19.8 Å². The third-order valence-corrected chi connectivity index (χ3v) is 1.82. The van der Waals surface area contributed by atoms with Crippen molar-refractivity contribution in [3.8, 4) is 0 Å². The molecule has 0 aromatic rings. The fraction of sp³-hybridized carbons (Fsp3) is 0.778. The molecule has 1 rings (SSSR count). The third-order valence-electron chi connectivity index (χ3n) is 1.82.